The van der Waals surface area contributed by atoms with Gasteiger partial charge in [0, 0.05) is 5.56 Å². The fourth-order valence-corrected chi connectivity index (χ4v) is 0.873. The van der Waals surface area contributed by atoms with E-state index >= 15 is 0 Å². The van der Waals surface area contributed by atoms with Crippen LogP contribution in [-0.4, -0.2) is 9.91 Å². The third-order valence-corrected chi connectivity index (χ3v) is 1.51. The normalized spacial score (nSPS) is 9.42. The average Bonchev–Trinajstić information content (AvgIpc) is 2.03. The van der Waals surface area contributed by atoms with Crippen LogP contribution in [0.1, 0.15) is 11.3 Å². The minimum Gasteiger partial charge on any atom is -0.258 e. The van der Waals surface area contributed by atoms with E-state index in [1.807, 2.05) is 0 Å². The van der Waals surface area contributed by atoms with Crippen molar-refractivity contribution in [3.8, 4) is 0 Å². The zero-order valence-electron chi connectivity index (χ0n) is 6.65. The van der Waals surface area contributed by atoms with Gasteiger partial charge in [-0.2, -0.15) is 0 Å². The predicted octanol–water partition coefficient (Wildman–Crippen LogP) is 1.94. The predicted molar refractivity (Wildman–Crippen MR) is 45.7 cm³/mol. The van der Waals surface area contributed by atoms with E-state index in [9.17, 15) is 10.1 Å². The zero-order valence-corrected chi connectivity index (χ0v) is 6.65. The van der Waals surface area contributed by atoms with Crippen molar-refractivity contribution in [2.75, 3.05) is 0 Å². The van der Waals surface area contributed by atoms with E-state index in [1.165, 1.54) is 6.20 Å². The molecule has 0 aliphatic rings. The summed E-state index contributed by atoms with van der Waals surface area (Å²) in [5, 5.41) is 10.4. The molecule has 62 valence electrons. The fraction of sp³-hybridized carbons (Fsp3) is 0.125. The highest BCUT2D eigenvalue weighted by Crippen LogP contribution is 2.16. The topological polar surface area (TPSA) is 56.0 Å². The lowest BCUT2D eigenvalue weighted by atomic mass is 10.2. The maximum Gasteiger partial charge on any atom is 0.290 e. The molecule has 1 heterocycles. The van der Waals surface area contributed by atoms with Gasteiger partial charge in [0.2, 0.25) is 0 Å². The Labute approximate surface area is 69.7 Å². The Morgan fingerprint density at radius 2 is 2.42 bits per heavy atom. The molecule has 0 radical (unpaired) electrons. The molecular weight excluding hydrogens is 156 g/mol. The molecule has 0 unspecified atom stereocenters. The van der Waals surface area contributed by atoms with Crippen molar-refractivity contribution in [1.82, 2.24) is 4.98 Å². The van der Waals surface area contributed by atoms with Crippen LogP contribution in [0.15, 0.2) is 18.8 Å². The Hall–Kier alpha value is -1.71. The molecule has 1 aromatic rings. The minimum atomic E-state index is -0.449. The summed E-state index contributed by atoms with van der Waals surface area (Å²) in [4.78, 5) is 13.7. The lowest BCUT2D eigenvalue weighted by molar-refractivity contribution is -0.385. The molecule has 0 N–H and O–H groups in total. The number of nitro groups is 1. The smallest absolute Gasteiger partial charge is 0.258 e. The molecule has 4 nitrogen and oxygen atoms in total. The molecule has 0 aromatic carbocycles. The molecule has 12 heavy (non-hydrogen) atoms. The number of pyridine rings is 1. The highest BCUT2D eigenvalue weighted by atomic mass is 16.6. The molecule has 0 aliphatic heterocycles. The van der Waals surface area contributed by atoms with Crippen LogP contribution < -0.4 is 0 Å². The second kappa shape index (κ2) is 3.13. The first kappa shape index (κ1) is 8.39. The third-order valence-electron chi connectivity index (χ3n) is 1.51. The van der Waals surface area contributed by atoms with Crippen LogP contribution in [0.3, 0.4) is 0 Å². The molecule has 0 aliphatic carbocycles. The molecular formula is C8H8N2O2. The SMILES string of the molecule is C=Cc1cc(C)c([N+](=O)[O-])cn1. The van der Waals surface area contributed by atoms with Gasteiger partial charge in [0.25, 0.3) is 5.69 Å². The van der Waals surface area contributed by atoms with Gasteiger partial charge >= 0.3 is 0 Å². The van der Waals surface area contributed by atoms with Crippen molar-refractivity contribution in [3.63, 3.8) is 0 Å². The summed E-state index contributed by atoms with van der Waals surface area (Å²) in [5.74, 6) is 0. The minimum absolute atomic E-state index is 0.0422. The maximum atomic E-state index is 10.4. The van der Waals surface area contributed by atoms with E-state index in [2.05, 4.69) is 11.6 Å². The number of rotatable bonds is 2. The van der Waals surface area contributed by atoms with E-state index in [0.717, 1.165) is 0 Å². The molecule has 0 saturated carbocycles. The first-order chi connectivity index (χ1) is 5.65. The highest BCUT2D eigenvalue weighted by molar-refractivity contribution is 5.48. The van der Waals surface area contributed by atoms with Crippen molar-refractivity contribution in [3.05, 3.63) is 40.2 Å². The summed E-state index contributed by atoms with van der Waals surface area (Å²) in [6.45, 7) is 5.19. The monoisotopic (exact) mass is 164 g/mol. The van der Waals surface area contributed by atoms with Crippen LogP contribution in [-0.2, 0) is 0 Å². The average molecular weight is 164 g/mol. The number of hydrogen-bond donors (Lipinski definition) is 0. The summed E-state index contributed by atoms with van der Waals surface area (Å²) in [7, 11) is 0. The van der Waals surface area contributed by atoms with Gasteiger partial charge in [-0.05, 0) is 19.1 Å². The van der Waals surface area contributed by atoms with Gasteiger partial charge in [0.05, 0.1) is 10.6 Å². The first-order valence-electron chi connectivity index (χ1n) is 3.38. The van der Waals surface area contributed by atoms with Crippen molar-refractivity contribution >= 4 is 11.8 Å². The Bertz CT molecular complexity index is 334. The standard InChI is InChI=1S/C8H8N2O2/c1-3-7-4-6(2)8(5-9-7)10(11)12/h3-5H,1H2,2H3. The number of nitrogens with zero attached hydrogens (tertiary/aromatic N) is 2. The summed E-state index contributed by atoms with van der Waals surface area (Å²) >= 11 is 0. The molecule has 0 spiro atoms. The molecule has 1 rings (SSSR count). The van der Waals surface area contributed by atoms with Crippen LogP contribution in [0, 0.1) is 17.0 Å². The first-order valence-corrected chi connectivity index (χ1v) is 3.38. The van der Waals surface area contributed by atoms with Crippen molar-refractivity contribution in [2.45, 2.75) is 6.92 Å². The van der Waals surface area contributed by atoms with E-state index < -0.39 is 4.92 Å². The Morgan fingerprint density at radius 3 is 2.83 bits per heavy atom. The molecule has 1 aromatic heterocycles. The molecule has 0 amide bonds. The highest BCUT2D eigenvalue weighted by Gasteiger charge is 2.09. The summed E-state index contributed by atoms with van der Waals surface area (Å²) in [5.41, 5.74) is 1.30. The van der Waals surface area contributed by atoms with Crippen LogP contribution >= 0.6 is 0 Å². The van der Waals surface area contributed by atoms with Gasteiger partial charge in [-0.15, -0.1) is 0 Å². The van der Waals surface area contributed by atoms with E-state index in [0.29, 0.717) is 11.3 Å². The van der Waals surface area contributed by atoms with Crippen molar-refractivity contribution < 1.29 is 4.92 Å². The van der Waals surface area contributed by atoms with Gasteiger partial charge in [0.1, 0.15) is 6.20 Å². The molecule has 0 fully saturated rings. The second-order valence-corrected chi connectivity index (χ2v) is 2.36. The molecule has 4 heteroatoms. The van der Waals surface area contributed by atoms with Crippen LogP contribution in [0.2, 0.25) is 0 Å². The van der Waals surface area contributed by atoms with E-state index in [4.69, 9.17) is 0 Å². The van der Waals surface area contributed by atoms with Gasteiger partial charge in [-0.1, -0.05) is 6.58 Å². The maximum absolute atomic E-state index is 10.4. The second-order valence-electron chi connectivity index (χ2n) is 2.36. The summed E-state index contributed by atoms with van der Waals surface area (Å²) in [6, 6.07) is 1.63. The van der Waals surface area contributed by atoms with E-state index in [1.54, 1.807) is 19.1 Å². The molecule has 0 saturated heterocycles. The summed E-state index contributed by atoms with van der Waals surface area (Å²) in [6.07, 6.45) is 2.79. The number of aryl methyl sites for hydroxylation is 1. The van der Waals surface area contributed by atoms with Crippen LogP contribution in [0.25, 0.3) is 6.08 Å². The summed E-state index contributed by atoms with van der Waals surface area (Å²) < 4.78 is 0. The third kappa shape index (κ3) is 1.47. The fourth-order valence-electron chi connectivity index (χ4n) is 0.873. The van der Waals surface area contributed by atoms with Gasteiger partial charge in [0.15, 0.2) is 0 Å². The quantitative estimate of drug-likeness (QED) is 0.495. The zero-order chi connectivity index (χ0) is 9.14. The Balaban J connectivity index is 3.20. The molecule has 0 atom stereocenters. The number of hydrogen-bond acceptors (Lipinski definition) is 3. The largest absolute Gasteiger partial charge is 0.290 e. The molecule has 0 bridgehead atoms. The van der Waals surface area contributed by atoms with Gasteiger partial charge in [-0.25, -0.2) is 4.98 Å². The van der Waals surface area contributed by atoms with Crippen LogP contribution in [0.4, 0.5) is 5.69 Å². The Morgan fingerprint density at radius 1 is 1.75 bits per heavy atom. The lowest BCUT2D eigenvalue weighted by Gasteiger charge is -1.96. The number of aromatic nitrogens is 1. The van der Waals surface area contributed by atoms with Gasteiger partial charge < -0.3 is 0 Å². The van der Waals surface area contributed by atoms with E-state index in [-0.39, 0.29) is 5.69 Å². The van der Waals surface area contributed by atoms with Crippen LogP contribution in [0.5, 0.6) is 0 Å². The lowest BCUT2D eigenvalue weighted by Crippen LogP contribution is -1.93. The van der Waals surface area contributed by atoms with Gasteiger partial charge in [-0.3, -0.25) is 10.1 Å². The van der Waals surface area contributed by atoms with Crippen molar-refractivity contribution in [1.29, 1.82) is 0 Å². The van der Waals surface area contributed by atoms with Crippen molar-refractivity contribution in [2.24, 2.45) is 0 Å². The Kier molecular flexibility index (Phi) is 2.19.